The molecule has 0 spiro atoms. The molecule has 7 heteroatoms. The van der Waals surface area contributed by atoms with Crippen LogP contribution in [0.3, 0.4) is 0 Å². The molecule has 150 valence electrons. The number of amides is 1. The van der Waals surface area contributed by atoms with Gasteiger partial charge in [0.25, 0.3) is 5.91 Å². The largest absolute Gasteiger partial charge is 0.493 e. The second kappa shape index (κ2) is 9.88. The minimum atomic E-state index is -0.304. The van der Waals surface area contributed by atoms with Gasteiger partial charge in [-0.3, -0.25) is 4.79 Å². The summed E-state index contributed by atoms with van der Waals surface area (Å²) in [6.45, 7) is 2.61. The summed E-state index contributed by atoms with van der Waals surface area (Å²) in [5, 5.41) is 4.23. The molecule has 0 aliphatic rings. The topological polar surface area (TPSA) is 47.6 Å². The maximum absolute atomic E-state index is 12.7. The van der Waals surface area contributed by atoms with Crippen molar-refractivity contribution in [2.24, 2.45) is 0 Å². The van der Waals surface area contributed by atoms with E-state index < -0.39 is 0 Å². The summed E-state index contributed by atoms with van der Waals surface area (Å²) in [5.41, 5.74) is 1.66. The van der Waals surface area contributed by atoms with Crippen molar-refractivity contribution >= 4 is 46.4 Å². The van der Waals surface area contributed by atoms with Crippen molar-refractivity contribution in [1.82, 2.24) is 0 Å². The fraction of sp³-hybridized carbons (Fsp3) is 0.136. The van der Waals surface area contributed by atoms with Gasteiger partial charge in [0.05, 0.1) is 17.3 Å². The van der Waals surface area contributed by atoms with E-state index in [4.69, 9.17) is 44.3 Å². The summed E-state index contributed by atoms with van der Waals surface area (Å²) in [7, 11) is 0. The number of hydrogen-bond donors (Lipinski definition) is 1. The van der Waals surface area contributed by atoms with Crippen LogP contribution in [0.25, 0.3) is 0 Å². The monoisotopic (exact) mass is 449 g/mol. The smallest absolute Gasteiger partial charge is 0.255 e. The summed E-state index contributed by atoms with van der Waals surface area (Å²) in [4.78, 5) is 12.7. The minimum absolute atomic E-state index is 0.221. The van der Waals surface area contributed by atoms with E-state index >= 15 is 0 Å². The summed E-state index contributed by atoms with van der Waals surface area (Å²) in [5.74, 6) is 0.972. The van der Waals surface area contributed by atoms with Gasteiger partial charge in [-0.25, -0.2) is 0 Å². The second-order valence-electron chi connectivity index (χ2n) is 6.08. The molecule has 0 bridgehead atoms. The van der Waals surface area contributed by atoms with Gasteiger partial charge >= 0.3 is 0 Å². The van der Waals surface area contributed by atoms with Crippen LogP contribution >= 0.6 is 34.8 Å². The van der Waals surface area contributed by atoms with E-state index in [0.717, 1.165) is 5.56 Å². The van der Waals surface area contributed by atoms with Gasteiger partial charge in [-0.15, -0.1) is 0 Å². The fourth-order valence-electron chi connectivity index (χ4n) is 2.63. The molecule has 1 amide bonds. The maximum Gasteiger partial charge on any atom is 0.255 e. The zero-order chi connectivity index (χ0) is 20.8. The SMILES string of the molecule is CCOc1ccc(C(=O)Nc2ccc(Cl)cc2Cl)cc1COc1cccc(Cl)c1. The third kappa shape index (κ3) is 5.80. The molecule has 3 aromatic carbocycles. The van der Waals surface area contributed by atoms with Crippen LogP contribution in [0, 0.1) is 0 Å². The Bertz CT molecular complexity index is 1020. The quantitative estimate of drug-likeness (QED) is 0.427. The zero-order valence-corrected chi connectivity index (χ0v) is 17.8. The predicted molar refractivity (Wildman–Crippen MR) is 118 cm³/mol. The average molecular weight is 451 g/mol. The highest BCUT2D eigenvalue weighted by molar-refractivity contribution is 6.36. The van der Waals surface area contributed by atoms with Crippen LogP contribution < -0.4 is 14.8 Å². The molecule has 3 aromatic rings. The lowest BCUT2D eigenvalue weighted by molar-refractivity contribution is 0.102. The lowest BCUT2D eigenvalue weighted by atomic mass is 10.1. The van der Waals surface area contributed by atoms with Gasteiger partial charge in [0.1, 0.15) is 18.1 Å². The van der Waals surface area contributed by atoms with E-state index in [2.05, 4.69) is 5.32 Å². The van der Waals surface area contributed by atoms with Crippen LogP contribution in [-0.4, -0.2) is 12.5 Å². The number of nitrogens with one attached hydrogen (secondary N) is 1. The molecule has 1 N–H and O–H groups in total. The van der Waals surface area contributed by atoms with Crippen molar-refractivity contribution in [3.63, 3.8) is 0 Å². The standard InChI is InChI=1S/C22H18Cl3NO3/c1-2-28-21-9-6-14(22(27)26-20-8-7-17(24)12-19(20)25)10-15(21)13-29-18-5-3-4-16(23)11-18/h3-12H,2,13H2,1H3,(H,26,27). The van der Waals surface area contributed by atoms with Crippen LogP contribution in [-0.2, 0) is 6.61 Å². The molecular weight excluding hydrogens is 433 g/mol. The van der Waals surface area contributed by atoms with Crippen molar-refractivity contribution in [3.05, 3.63) is 86.9 Å². The first-order chi connectivity index (χ1) is 14.0. The molecular formula is C22H18Cl3NO3. The maximum atomic E-state index is 12.7. The molecule has 0 aliphatic carbocycles. The highest BCUT2D eigenvalue weighted by Gasteiger charge is 2.13. The lowest BCUT2D eigenvalue weighted by Crippen LogP contribution is -2.13. The number of carbonyl (C=O) groups excluding carboxylic acids is 1. The highest BCUT2D eigenvalue weighted by Crippen LogP contribution is 2.27. The van der Waals surface area contributed by atoms with Crippen LogP contribution in [0.4, 0.5) is 5.69 Å². The van der Waals surface area contributed by atoms with Crippen molar-refractivity contribution < 1.29 is 14.3 Å². The Hall–Kier alpha value is -2.40. The molecule has 0 saturated carbocycles. The normalized spacial score (nSPS) is 10.5. The van der Waals surface area contributed by atoms with Gasteiger partial charge in [-0.05, 0) is 61.5 Å². The second-order valence-corrected chi connectivity index (χ2v) is 7.36. The predicted octanol–water partition coefficient (Wildman–Crippen LogP) is 6.88. The van der Waals surface area contributed by atoms with E-state index in [1.807, 2.05) is 13.0 Å². The van der Waals surface area contributed by atoms with Gasteiger partial charge in [-0.1, -0.05) is 40.9 Å². The van der Waals surface area contributed by atoms with Crippen molar-refractivity contribution in [1.29, 1.82) is 0 Å². The van der Waals surface area contributed by atoms with Gasteiger partial charge in [0, 0.05) is 21.2 Å². The van der Waals surface area contributed by atoms with Crippen molar-refractivity contribution in [2.75, 3.05) is 11.9 Å². The van der Waals surface area contributed by atoms with E-state index in [1.165, 1.54) is 0 Å². The molecule has 0 aliphatic heterocycles. The van der Waals surface area contributed by atoms with Crippen LogP contribution in [0.5, 0.6) is 11.5 Å². The third-order valence-electron chi connectivity index (χ3n) is 3.99. The summed E-state index contributed by atoms with van der Waals surface area (Å²) in [6, 6.07) is 17.2. The number of anilines is 1. The number of ether oxygens (including phenoxy) is 2. The van der Waals surface area contributed by atoms with Gasteiger partial charge < -0.3 is 14.8 Å². The average Bonchev–Trinajstić information content (AvgIpc) is 2.69. The first-order valence-corrected chi connectivity index (χ1v) is 10.00. The molecule has 3 rings (SSSR count). The first kappa shape index (κ1) is 21.3. The summed E-state index contributed by atoms with van der Waals surface area (Å²) in [6.07, 6.45) is 0. The first-order valence-electron chi connectivity index (χ1n) is 8.86. The number of carbonyl (C=O) groups is 1. The van der Waals surface area contributed by atoms with Gasteiger partial charge in [0.15, 0.2) is 0 Å². The number of hydrogen-bond acceptors (Lipinski definition) is 3. The molecule has 0 atom stereocenters. The highest BCUT2D eigenvalue weighted by atomic mass is 35.5. The summed E-state index contributed by atoms with van der Waals surface area (Å²) < 4.78 is 11.5. The van der Waals surface area contributed by atoms with Gasteiger partial charge in [-0.2, -0.15) is 0 Å². The molecule has 4 nitrogen and oxygen atoms in total. The van der Waals surface area contributed by atoms with Crippen molar-refractivity contribution in [3.8, 4) is 11.5 Å². The Morgan fingerprint density at radius 1 is 0.931 bits per heavy atom. The summed E-state index contributed by atoms with van der Waals surface area (Å²) >= 11 is 18.0. The minimum Gasteiger partial charge on any atom is -0.493 e. The molecule has 0 fully saturated rings. The van der Waals surface area contributed by atoms with E-state index in [1.54, 1.807) is 54.6 Å². The van der Waals surface area contributed by atoms with E-state index in [0.29, 0.717) is 44.4 Å². The Balaban J connectivity index is 1.80. The molecule has 0 saturated heterocycles. The van der Waals surface area contributed by atoms with E-state index in [-0.39, 0.29) is 12.5 Å². The van der Waals surface area contributed by atoms with Crippen molar-refractivity contribution in [2.45, 2.75) is 13.5 Å². The lowest BCUT2D eigenvalue weighted by Gasteiger charge is -2.14. The molecule has 0 aromatic heterocycles. The van der Waals surface area contributed by atoms with Crippen LogP contribution in [0.15, 0.2) is 60.7 Å². The van der Waals surface area contributed by atoms with E-state index in [9.17, 15) is 4.79 Å². The number of halogens is 3. The molecule has 29 heavy (non-hydrogen) atoms. The third-order valence-corrected chi connectivity index (χ3v) is 4.78. The fourth-order valence-corrected chi connectivity index (χ4v) is 3.27. The Morgan fingerprint density at radius 2 is 1.72 bits per heavy atom. The Labute approximate surface area is 184 Å². The van der Waals surface area contributed by atoms with Gasteiger partial charge in [0.2, 0.25) is 0 Å². The Morgan fingerprint density at radius 3 is 2.45 bits per heavy atom. The number of benzene rings is 3. The van der Waals surface area contributed by atoms with Crippen LogP contribution in [0.1, 0.15) is 22.8 Å². The molecule has 0 heterocycles. The zero-order valence-electron chi connectivity index (χ0n) is 15.5. The molecule has 0 radical (unpaired) electrons. The Kier molecular flexibility index (Phi) is 7.26. The van der Waals surface area contributed by atoms with Crippen LogP contribution in [0.2, 0.25) is 15.1 Å². The molecule has 0 unspecified atom stereocenters. The number of rotatable bonds is 7.